The van der Waals surface area contributed by atoms with E-state index in [4.69, 9.17) is 16.3 Å². The topological polar surface area (TPSA) is 119 Å². The third-order valence-corrected chi connectivity index (χ3v) is 9.20. The second-order valence-electron chi connectivity index (χ2n) is 10.7. The molecule has 1 saturated heterocycles. The zero-order chi connectivity index (χ0) is 31.4. The largest absolute Gasteiger partial charge is 0.444 e. The number of hydrogen-bond acceptors (Lipinski definition) is 7. The fourth-order valence-corrected chi connectivity index (χ4v) is 6.49. The van der Waals surface area contributed by atoms with Gasteiger partial charge in [-0.05, 0) is 74.2 Å². The Hall–Kier alpha value is -3.58. The Balaban J connectivity index is 0.00000461. The molecular weight excluding hydrogens is 649 g/mol. The molecular formula is C31H32Cl2F2N4O5S. The summed E-state index contributed by atoms with van der Waals surface area (Å²) in [7, 11) is -3.92. The summed E-state index contributed by atoms with van der Waals surface area (Å²) in [4.78, 5) is 31.0. The maximum atomic E-state index is 15.6. The number of carbonyl (C=O) groups excluding carboxylic acids is 2. The van der Waals surface area contributed by atoms with Crippen LogP contribution in [0, 0.1) is 17.6 Å². The fraction of sp³-hybridized carbons (Fsp3) is 0.323. The number of ketones is 1. The zero-order valence-electron chi connectivity index (χ0n) is 24.3. The van der Waals surface area contributed by atoms with Gasteiger partial charge in [0.2, 0.25) is 15.8 Å². The number of sulfonamides is 1. The van der Waals surface area contributed by atoms with Crippen LogP contribution < -0.4 is 10.0 Å². The summed E-state index contributed by atoms with van der Waals surface area (Å²) >= 11 is 6.03. The van der Waals surface area contributed by atoms with Crippen LogP contribution in [0.15, 0.2) is 54.9 Å². The Kier molecular flexibility index (Phi) is 11.2. The predicted molar refractivity (Wildman–Crippen MR) is 171 cm³/mol. The number of esters is 1. The summed E-state index contributed by atoms with van der Waals surface area (Å²) in [6.45, 7) is 3.03. The first-order valence-electron chi connectivity index (χ1n) is 14.2. The van der Waals surface area contributed by atoms with E-state index < -0.39 is 44.7 Å². The molecule has 0 unspecified atom stereocenters. The number of hydrogen-bond donors (Lipinski definition) is 2. The molecule has 0 atom stereocenters. The molecule has 4 aromatic rings. The first-order valence-corrected chi connectivity index (χ1v) is 16.2. The van der Waals surface area contributed by atoms with Crippen molar-refractivity contribution in [2.45, 2.75) is 39.3 Å². The number of nitrogens with one attached hydrogen (secondary N) is 2. The molecule has 0 radical (unpaired) electrons. The minimum absolute atomic E-state index is 0. The summed E-state index contributed by atoms with van der Waals surface area (Å²) < 4.78 is 64.3. The van der Waals surface area contributed by atoms with Gasteiger partial charge in [-0.1, -0.05) is 30.7 Å². The van der Waals surface area contributed by atoms with Crippen molar-refractivity contribution in [1.29, 1.82) is 0 Å². The number of benzene rings is 2. The Morgan fingerprint density at radius 1 is 1.11 bits per heavy atom. The van der Waals surface area contributed by atoms with Gasteiger partial charge in [-0.2, -0.15) is 0 Å². The second-order valence-corrected chi connectivity index (χ2v) is 13.0. The van der Waals surface area contributed by atoms with Crippen LogP contribution in [0.3, 0.4) is 0 Å². The predicted octanol–water partition coefficient (Wildman–Crippen LogP) is 6.33. The van der Waals surface area contributed by atoms with Crippen LogP contribution in [0.2, 0.25) is 5.02 Å². The Bertz CT molecular complexity index is 1810. The van der Waals surface area contributed by atoms with E-state index in [0.29, 0.717) is 10.6 Å². The molecule has 2 aromatic heterocycles. The van der Waals surface area contributed by atoms with Crippen LogP contribution in [0.5, 0.6) is 0 Å². The van der Waals surface area contributed by atoms with E-state index in [1.807, 2.05) is 0 Å². The summed E-state index contributed by atoms with van der Waals surface area (Å²) in [5.74, 6) is -4.02. The number of fused-ring (bicyclic) bond motifs is 1. The molecule has 0 spiro atoms. The molecule has 1 fully saturated rings. The molecule has 240 valence electrons. The number of rotatable bonds is 11. The number of pyridine rings is 1. The molecule has 14 heteroatoms. The summed E-state index contributed by atoms with van der Waals surface area (Å²) in [6.07, 6.45) is 5.14. The lowest BCUT2D eigenvalue weighted by Gasteiger charge is -2.21. The second kappa shape index (κ2) is 14.7. The van der Waals surface area contributed by atoms with Gasteiger partial charge in [0.25, 0.3) is 0 Å². The third-order valence-electron chi connectivity index (χ3n) is 7.47. The minimum atomic E-state index is -3.92. The summed E-state index contributed by atoms with van der Waals surface area (Å²) in [5, 5.41) is 4.03. The van der Waals surface area contributed by atoms with Gasteiger partial charge >= 0.3 is 5.97 Å². The quantitative estimate of drug-likeness (QED) is 0.140. The van der Waals surface area contributed by atoms with E-state index in [2.05, 4.69) is 15.0 Å². The van der Waals surface area contributed by atoms with Crippen LogP contribution in [0.25, 0.3) is 22.2 Å². The van der Waals surface area contributed by atoms with Crippen molar-refractivity contribution >= 4 is 62.5 Å². The van der Waals surface area contributed by atoms with Crippen molar-refractivity contribution in [3.8, 4) is 11.1 Å². The molecule has 0 aliphatic carbocycles. The monoisotopic (exact) mass is 680 g/mol. The number of aromatic nitrogens is 2. The first-order chi connectivity index (χ1) is 21.1. The number of piperidine rings is 1. The molecule has 2 N–H and O–H groups in total. The highest BCUT2D eigenvalue weighted by molar-refractivity contribution is 7.92. The van der Waals surface area contributed by atoms with Gasteiger partial charge in [0.15, 0.2) is 12.5 Å². The van der Waals surface area contributed by atoms with Gasteiger partial charge in [0.1, 0.15) is 11.5 Å². The summed E-state index contributed by atoms with van der Waals surface area (Å²) in [6, 6.07) is 10.3. The number of carbonyl (C=O) groups is 2. The number of nitrogens with zero attached hydrogens (tertiary/aromatic N) is 2. The highest BCUT2D eigenvalue weighted by atomic mass is 35.5. The SMILES string of the molecule is CCCS(=O)(=O)Nc1ccc(F)c(C(=O)c2cn(COC(=O)CC3CCNCC3)c3ncc(-c4ccc(Cl)cc4)cc23)c1F.Cl. The van der Waals surface area contributed by atoms with E-state index in [9.17, 15) is 18.0 Å². The number of anilines is 1. The molecule has 1 aliphatic rings. The zero-order valence-corrected chi connectivity index (χ0v) is 26.7. The van der Waals surface area contributed by atoms with Crippen molar-refractivity contribution in [3.05, 3.63) is 82.6 Å². The van der Waals surface area contributed by atoms with Crippen LogP contribution in [0.4, 0.5) is 14.5 Å². The van der Waals surface area contributed by atoms with Gasteiger partial charge in [-0.25, -0.2) is 22.2 Å². The maximum Gasteiger partial charge on any atom is 0.307 e. The average Bonchev–Trinajstić information content (AvgIpc) is 3.36. The lowest BCUT2D eigenvalue weighted by atomic mass is 9.95. The van der Waals surface area contributed by atoms with E-state index >= 15 is 8.78 Å². The van der Waals surface area contributed by atoms with Gasteiger partial charge < -0.3 is 10.1 Å². The van der Waals surface area contributed by atoms with Gasteiger partial charge in [0.05, 0.1) is 22.6 Å². The van der Waals surface area contributed by atoms with Gasteiger partial charge in [-0.3, -0.25) is 18.9 Å². The van der Waals surface area contributed by atoms with Crippen molar-refractivity contribution < 1.29 is 31.5 Å². The van der Waals surface area contributed by atoms with Crippen LogP contribution >= 0.6 is 24.0 Å². The van der Waals surface area contributed by atoms with E-state index in [1.165, 1.54) is 10.8 Å². The van der Waals surface area contributed by atoms with Crippen molar-refractivity contribution in [1.82, 2.24) is 14.9 Å². The van der Waals surface area contributed by atoms with E-state index in [-0.39, 0.29) is 60.2 Å². The average molecular weight is 682 g/mol. The number of halogens is 4. The fourth-order valence-electron chi connectivity index (χ4n) is 5.23. The molecule has 0 amide bonds. The molecule has 2 aromatic carbocycles. The highest BCUT2D eigenvalue weighted by Crippen LogP contribution is 2.31. The van der Waals surface area contributed by atoms with Gasteiger partial charge in [0, 0.05) is 34.8 Å². The van der Waals surface area contributed by atoms with E-state index in [1.54, 1.807) is 43.5 Å². The molecule has 45 heavy (non-hydrogen) atoms. The Labute approximate surface area is 270 Å². The summed E-state index contributed by atoms with van der Waals surface area (Å²) in [5.41, 5.74) is 0.00339. The molecule has 0 bridgehead atoms. The molecule has 0 saturated carbocycles. The highest BCUT2D eigenvalue weighted by Gasteiger charge is 2.27. The first kappa shape index (κ1) is 34.3. The smallest absolute Gasteiger partial charge is 0.307 e. The lowest BCUT2D eigenvalue weighted by molar-refractivity contribution is -0.148. The maximum absolute atomic E-state index is 15.6. The molecule has 5 rings (SSSR count). The number of ether oxygens (including phenoxy) is 1. The van der Waals surface area contributed by atoms with E-state index in [0.717, 1.165) is 43.6 Å². The van der Waals surface area contributed by atoms with Crippen LogP contribution in [-0.2, 0) is 26.3 Å². The molecule has 1 aliphatic heterocycles. The van der Waals surface area contributed by atoms with Crippen molar-refractivity contribution in [2.75, 3.05) is 23.6 Å². The van der Waals surface area contributed by atoms with Crippen LogP contribution in [0.1, 0.15) is 48.5 Å². The van der Waals surface area contributed by atoms with Crippen LogP contribution in [-0.4, -0.2) is 48.6 Å². The standard InChI is InChI=1S/C31H31ClF2N4O5S.ClH/c1-2-13-44(41,42)37-26-8-7-25(33)28(29(26)34)30(40)24-17-38(18-43-27(39)14-19-9-11-35-12-10-19)31-23(24)15-21(16-36-31)20-3-5-22(32)6-4-20;/h3-8,15-17,19,35,37H,2,9-14,18H2,1H3;1H. The Morgan fingerprint density at radius 2 is 1.82 bits per heavy atom. The molecule has 9 nitrogen and oxygen atoms in total. The lowest BCUT2D eigenvalue weighted by Crippen LogP contribution is -2.29. The Morgan fingerprint density at radius 3 is 2.51 bits per heavy atom. The minimum Gasteiger partial charge on any atom is -0.444 e. The normalized spacial score (nSPS) is 13.8. The third kappa shape index (κ3) is 7.99. The molecule has 3 heterocycles. The van der Waals surface area contributed by atoms with Crippen molar-refractivity contribution in [2.24, 2.45) is 5.92 Å². The van der Waals surface area contributed by atoms with Crippen molar-refractivity contribution in [3.63, 3.8) is 0 Å². The van der Waals surface area contributed by atoms with Gasteiger partial charge in [-0.15, -0.1) is 12.4 Å².